The van der Waals surface area contributed by atoms with Gasteiger partial charge in [0.05, 0.1) is 17.7 Å². The van der Waals surface area contributed by atoms with Crippen molar-refractivity contribution in [3.63, 3.8) is 0 Å². The molecule has 0 aliphatic carbocycles. The quantitative estimate of drug-likeness (QED) is 0.896. The van der Waals surface area contributed by atoms with Crippen LogP contribution in [0.2, 0.25) is 0 Å². The maximum absolute atomic E-state index is 8.96. The van der Waals surface area contributed by atoms with Crippen molar-refractivity contribution < 1.29 is 0 Å². The van der Waals surface area contributed by atoms with E-state index in [1.54, 1.807) is 18.5 Å². The number of hydrogen-bond donors (Lipinski definition) is 1. The van der Waals surface area contributed by atoms with Gasteiger partial charge in [0, 0.05) is 11.9 Å². The number of allylic oxidation sites excluding steroid dienone is 1. The minimum Gasteiger partial charge on any atom is -0.403 e. The Hall–Kier alpha value is -2.47. The second kappa shape index (κ2) is 5.45. The highest BCUT2D eigenvalue weighted by atomic mass is 15.2. The van der Waals surface area contributed by atoms with Gasteiger partial charge in [-0.15, -0.1) is 0 Å². The topological polar surface area (TPSA) is 53.1 Å². The van der Waals surface area contributed by atoms with Crippen LogP contribution in [0, 0.1) is 11.3 Å². The van der Waals surface area contributed by atoms with Crippen molar-refractivity contribution in [3.8, 4) is 6.07 Å². The lowest BCUT2D eigenvalue weighted by molar-refractivity contribution is 0.402. The largest absolute Gasteiger partial charge is 0.403 e. The summed E-state index contributed by atoms with van der Waals surface area (Å²) in [5, 5.41) is 8.96. The van der Waals surface area contributed by atoms with Crippen molar-refractivity contribution in [3.05, 3.63) is 66.1 Å². The summed E-state index contributed by atoms with van der Waals surface area (Å²) < 4.78 is 0. The van der Waals surface area contributed by atoms with Crippen LogP contribution in [0.25, 0.3) is 6.08 Å². The summed E-state index contributed by atoms with van der Waals surface area (Å²) in [6, 6.07) is 8.07. The Labute approximate surface area is 113 Å². The lowest BCUT2D eigenvalue weighted by Crippen LogP contribution is -2.16. The van der Waals surface area contributed by atoms with Gasteiger partial charge in [-0.1, -0.05) is 25.3 Å². The molecule has 1 fully saturated rings. The fraction of sp³-hybridized carbons (Fsp3) is 0.188. The predicted molar refractivity (Wildman–Crippen MR) is 77.5 cm³/mol. The van der Waals surface area contributed by atoms with Gasteiger partial charge in [-0.3, -0.25) is 0 Å². The number of nitrogens with zero attached hydrogens (tertiary/aromatic N) is 2. The van der Waals surface area contributed by atoms with Crippen molar-refractivity contribution in [1.82, 2.24) is 4.90 Å². The van der Waals surface area contributed by atoms with E-state index in [9.17, 15) is 0 Å². The molecule has 0 spiro atoms. The van der Waals surface area contributed by atoms with Gasteiger partial charge in [-0.2, -0.15) is 5.26 Å². The maximum Gasteiger partial charge on any atom is 0.0991 e. The molecule has 1 heterocycles. The van der Waals surface area contributed by atoms with Crippen molar-refractivity contribution in [2.24, 2.45) is 5.73 Å². The summed E-state index contributed by atoms with van der Waals surface area (Å²) in [5.41, 5.74) is 9.53. The van der Waals surface area contributed by atoms with Gasteiger partial charge in [-0.05, 0) is 42.3 Å². The fourth-order valence-electron chi connectivity index (χ4n) is 2.60. The van der Waals surface area contributed by atoms with Crippen LogP contribution in [0.15, 0.2) is 49.5 Å². The van der Waals surface area contributed by atoms with Crippen LogP contribution >= 0.6 is 0 Å². The monoisotopic (exact) mass is 251 g/mol. The zero-order valence-electron chi connectivity index (χ0n) is 10.8. The Bertz CT molecular complexity index is 578. The summed E-state index contributed by atoms with van der Waals surface area (Å²) in [5.74, 6) is 0. The van der Waals surface area contributed by atoms with Crippen LogP contribution in [0.1, 0.15) is 35.6 Å². The van der Waals surface area contributed by atoms with Crippen LogP contribution in [-0.2, 0) is 0 Å². The Kier molecular flexibility index (Phi) is 3.72. The summed E-state index contributed by atoms with van der Waals surface area (Å²) in [7, 11) is 0. The summed E-state index contributed by atoms with van der Waals surface area (Å²) >= 11 is 0. The number of benzene rings is 1. The third-order valence-electron chi connectivity index (χ3n) is 3.53. The summed E-state index contributed by atoms with van der Waals surface area (Å²) in [6.45, 7) is 7.69. The van der Waals surface area contributed by atoms with Crippen molar-refractivity contribution in [2.75, 3.05) is 0 Å². The Morgan fingerprint density at radius 2 is 2.21 bits per heavy atom. The molecule has 1 aliphatic rings. The minimum absolute atomic E-state index is 0.216. The normalized spacial score (nSPS) is 20.3. The second-order valence-corrected chi connectivity index (χ2v) is 4.46. The third kappa shape index (κ3) is 2.25. The number of likely N-dealkylation sites (tertiary alicyclic amines) is 1. The number of nitriles is 1. The zero-order valence-corrected chi connectivity index (χ0v) is 10.8. The molecule has 1 aliphatic heterocycles. The van der Waals surface area contributed by atoms with E-state index in [2.05, 4.69) is 24.1 Å². The minimum atomic E-state index is 0.216. The van der Waals surface area contributed by atoms with Crippen molar-refractivity contribution in [2.45, 2.75) is 18.9 Å². The molecule has 1 unspecified atom stereocenters. The van der Waals surface area contributed by atoms with Crippen LogP contribution in [0.4, 0.5) is 0 Å². The molecule has 0 saturated carbocycles. The van der Waals surface area contributed by atoms with Gasteiger partial charge in [0.1, 0.15) is 0 Å². The van der Waals surface area contributed by atoms with E-state index in [1.807, 2.05) is 18.2 Å². The Balaban J connectivity index is 2.45. The first kappa shape index (κ1) is 13.0. The summed E-state index contributed by atoms with van der Waals surface area (Å²) in [4.78, 5) is 2.09. The lowest BCUT2D eigenvalue weighted by atomic mass is 9.96. The van der Waals surface area contributed by atoms with Gasteiger partial charge < -0.3 is 10.6 Å². The predicted octanol–water partition coefficient (Wildman–Crippen LogP) is 3.28. The molecule has 1 aromatic carbocycles. The first-order chi connectivity index (χ1) is 9.24. The highest BCUT2D eigenvalue weighted by molar-refractivity contribution is 5.56. The first-order valence-corrected chi connectivity index (χ1v) is 6.23. The van der Waals surface area contributed by atoms with Crippen molar-refractivity contribution in [1.29, 1.82) is 5.26 Å². The van der Waals surface area contributed by atoms with Crippen LogP contribution in [0.5, 0.6) is 0 Å². The lowest BCUT2D eigenvalue weighted by Gasteiger charge is -2.25. The van der Waals surface area contributed by atoms with Crippen LogP contribution < -0.4 is 5.73 Å². The average Bonchev–Trinajstić information content (AvgIpc) is 2.89. The third-order valence-corrected chi connectivity index (χ3v) is 3.53. The SMILES string of the molecule is C=Cc1cc(C#N)ccc1C1CC/C(=C/N)N1C=C. The van der Waals surface area contributed by atoms with E-state index < -0.39 is 0 Å². The van der Waals surface area contributed by atoms with Gasteiger partial charge in [0.25, 0.3) is 0 Å². The molecule has 2 N–H and O–H groups in total. The molecule has 2 rings (SSSR count). The highest BCUT2D eigenvalue weighted by Crippen LogP contribution is 2.39. The van der Waals surface area contributed by atoms with E-state index in [4.69, 9.17) is 11.0 Å². The second-order valence-electron chi connectivity index (χ2n) is 4.46. The highest BCUT2D eigenvalue weighted by Gasteiger charge is 2.28. The smallest absolute Gasteiger partial charge is 0.0991 e. The fourth-order valence-corrected chi connectivity index (χ4v) is 2.60. The van der Waals surface area contributed by atoms with Gasteiger partial charge in [0.2, 0.25) is 0 Å². The number of rotatable bonds is 3. The molecule has 0 amide bonds. The molecule has 0 radical (unpaired) electrons. The number of hydrogen-bond acceptors (Lipinski definition) is 3. The van der Waals surface area contributed by atoms with E-state index in [1.165, 1.54) is 0 Å². The molecule has 0 bridgehead atoms. The Morgan fingerprint density at radius 1 is 1.42 bits per heavy atom. The standard InChI is InChI=1S/C16H17N3/c1-3-13-9-12(10-17)5-7-15(13)16-8-6-14(11-18)19(16)4-2/h3-5,7,9,11,16H,1-2,6,8,18H2/b14-11-. The molecule has 1 aromatic rings. The molecule has 3 nitrogen and oxygen atoms in total. The molecule has 1 atom stereocenters. The molecule has 0 aromatic heterocycles. The van der Waals surface area contributed by atoms with Crippen LogP contribution in [0.3, 0.4) is 0 Å². The summed E-state index contributed by atoms with van der Waals surface area (Å²) in [6.07, 6.45) is 7.16. The molecule has 3 heteroatoms. The van der Waals surface area contributed by atoms with E-state index in [0.717, 1.165) is 29.7 Å². The number of nitrogens with two attached hydrogens (primary N) is 1. The van der Waals surface area contributed by atoms with Gasteiger partial charge in [0.15, 0.2) is 0 Å². The zero-order chi connectivity index (χ0) is 13.8. The first-order valence-electron chi connectivity index (χ1n) is 6.23. The molecule has 1 saturated heterocycles. The van der Waals surface area contributed by atoms with E-state index in [0.29, 0.717) is 5.56 Å². The maximum atomic E-state index is 8.96. The molecule has 19 heavy (non-hydrogen) atoms. The molecular formula is C16H17N3. The van der Waals surface area contributed by atoms with Crippen LogP contribution in [-0.4, -0.2) is 4.90 Å². The average molecular weight is 251 g/mol. The van der Waals surface area contributed by atoms with Gasteiger partial charge >= 0.3 is 0 Å². The Morgan fingerprint density at radius 3 is 2.79 bits per heavy atom. The van der Waals surface area contributed by atoms with Crippen molar-refractivity contribution >= 4 is 6.08 Å². The van der Waals surface area contributed by atoms with Gasteiger partial charge in [-0.25, -0.2) is 0 Å². The van der Waals surface area contributed by atoms with E-state index >= 15 is 0 Å². The van der Waals surface area contributed by atoms with E-state index in [-0.39, 0.29) is 6.04 Å². The molecule has 96 valence electrons. The molecular weight excluding hydrogens is 234 g/mol.